The second-order valence-corrected chi connectivity index (χ2v) is 5.24. The molecule has 13 heteroatoms. The lowest BCUT2D eigenvalue weighted by Crippen LogP contribution is -2.55. The van der Waals surface area contributed by atoms with Crippen LogP contribution in [0.2, 0.25) is 0 Å². The van der Waals surface area contributed by atoms with Crippen LogP contribution in [-0.4, -0.2) is 76.8 Å². The van der Waals surface area contributed by atoms with Gasteiger partial charge in [-0.2, -0.15) is 12.6 Å². The second-order valence-electron chi connectivity index (χ2n) is 4.88. The number of primary amides is 1. The number of carboxylic acids is 1. The van der Waals surface area contributed by atoms with Gasteiger partial charge in [0.1, 0.15) is 18.1 Å². The first-order valence-corrected chi connectivity index (χ1v) is 7.61. The zero-order valence-electron chi connectivity index (χ0n) is 13.1. The van der Waals surface area contributed by atoms with E-state index in [1.165, 1.54) is 0 Å². The van der Waals surface area contributed by atoms with E-state index in [1.54, 1.807) is 0 Å². The summed E-state index contributed by atoms with van der Waals surface area (Å²) in [6, 6.07) is -3.98. The lowest BCUT2D eigenvalue weighted by Gasteiger charge is -2.20. The number of aliphatic carboxylic acids is 1. The average molecular weight is 379 g/mol. The molecule has 0 aromatic heterocycles. The van der Waals surface area contributed by atoms with Crippen molar-refractivity contribution in [3.8, 4) is 0 Å². The topological polar surface area (TPSA) is 214 Å². The SMILES string of the molecule is NC(=O)CC(NC(=O)CNC(=O)C(N)CO)C(=O)NC(CS)C(=O)O. The van der Waals surface area contributed by atoms with Crippen molar-refractivity contribution in [2.75, 3.05) is 18.9 Å². The zero-order chi connectivity index (χ0) is 19.6. The highest BCUT2D eigenvalue weighted by molar-refractivity contribution is 7.80. The fraction of sp³-hybridized carbons (Fsp3) is 0.583. The number of thiol groups is 1. The van der Waals surface area contributed by atoms with Gasteiger partial charge in [0, 0.05) is 5.75 Å². The number of carbonyl (C=O) groups excluding carboxylic acids is 4. The third kappa shape index (κ3) is 8.88. The Balaban J connectivity index is 4.78. The predicted octanol–water partition coefficient (Wildman–Crippen LogP) is -4.72. The van der Waals surface area contributed by atoms with Gasteiger partial charge in [-0.15, -0.1) is 0 Å². The van der Waals surface area contributed by atoms with E-state index in [4.69, 9.17) is 21.7 Å². The Morgan fingerprint density at radius 2 is 1.64 bits per heavy atom. The molecular formula is C12H21N5O7S. The molecule has 4 amide bonds. The average Bonchev–Trinajstić information content (AvgIpc) is 2.54. The predicted molar refractivity (Wildman–Crippen MR) is 87.2 cm³/mol. The molecule has 0 rings (SSSR count). The number of nitrogens with one attached hydrogen (secondary N) is 3. The maximum Gasteiger partial charge on any atom is 0.327 e. The van der Waals surface area contributed by atoms with Gasteiger partial charge in [-0.25, -0.2) is 4.79 Å². The Labute approximate surface area is 148 Å². The summed E-state index contributed by atoms with van der Waals surface area (Å²) in [6.07, 6.45) is -0.583. The molecular weight excluding hydrogens is 358 g/mol. The summed E-state index contributed by atoms with van der Waals surface area (Å²) in [5.41, 5.74) is 10.2. The van der Waals surface area contributed by atoms with Crippen LogP contribution in [0, 0.1) is 0 Å². The van der Waals surface area contributed by atoms with E-state index < -0.39 is 67.3 Å². The molecule has 0 bridgehead atoms. The smallest absolute Gasteiger partial charge is 0.327 e. The van der Waals surface area contributed by atoms with Gasteiger partial charge in [0.25, 0.3) is 0 Å². The van der Waals surface area contributed by atoms with Crippen LogP contribution >= 0.6 is 12.6 Å². The van der Waals surface area contributed by atoms with Crippen LogP contribution in [0.25, 0.3) is 0 Å². The maximum absolute atomic E-state index is 12.0. The molecule has 12 nitrogen and oxygen atoms in total. The third-order valence-corrected chi connectivity index (χ3v) is 3.18. The number of hydrogen-bond donors (Lipinski definition) is 8. The molecule has 3 atom stereocenters. The van der Waals surface area contributed by atoms with Crippen LogP contribution in [0.5, 0.6) is 0 Å². The summed E-state index contributed by atoms with van der Waals surface area (Å²) in [5, 5.41) is 23.9. The first kappa shape index (κ1) is 22.6. The monoisotopic (exact) mass is 379 g/mol. The standard InChI is InChI=1S/C12H21N5O7S/c13-5(3-18)10(21)15-2-9(20)16-6(1-8(14)19)11(22)17-7(4-25)12(23)24/h5-7,18,25H,1-4,13H2,(H2,14,19)(H,15,21)(H,16,20)(H,17,22)(H,23,24). The van der Waals surface area contributed by atoms with Crippen molar-refractivity contribution in [1.29, 1.82) is 0 Å². The largest absolute Gasteiger partial charge is 0.480 e. The number of rotatable bonds is 11. The highest BCUT2D eigenvalue weighted by atomic mass is 32.1. The molecule has 0 heterocycles. The fourth-order valence-corrected chi connectivity index (χ4v) is 1.74. The summed E-state index contributed by atoms with van der Waals surface area (Å²) in [5.74, 6) is -5.07. The van der Waals surface area contributed by atoms with Crippen LogP contribution in [0.3, 0.4) is 0 Å². The van der Waals surface area contributed by atoms with Crippen LogP contribution in [0.4, 0.5) is 0 Å². The summed E-state index contributed by atoms with van der Waals surface area (Å²) >= 11 is 3.77. The van der Waals surface area contributed by atoms with Crippen molar-refractivity contribution >= 4 is 42.2 Å². The van der Waals surface area contributed by atoms with Crippen molar-refractivity contribution in [1.82, 2.24) is 16.0 Å². The van der Waals surface area contributed by atoms with Crippen molar-refractivity contribution < 1.29 is 34.2 Å². The molecule has 0 aliphatic carbocycles. The van der Waals surface area contributed by atoms with E-state index in [1.807, 2.05) is 0 Å². The van der Waals surface area contributed by atoms with Gasteiger partial charge in [-0.3, -0.25) is 19.2 Å². The Hall–Kier alpha value is -2.38. The summed E-state index contributed by atoms with van der Waals surface area (Å²) in [4.78, 5) is 57.0. The lowest BCUT2D eigenvalue weighted by atomic mass is 10.1. The number of aliphatic hydroxyl groups excluding tert-OH is 1. The minimum Gasteiger partial charge on any atom is -0.480 e. The van der Waals surface area contributed by atoms with E-state index in [9.17, 15) is 24.0 Å². The van der Waals surface area contributed by atoms with Crippen molar-refractivity contribution in [3.63, 3.8) is 0 Å². The van der Waals surface area contributed by atoms with Crippen molar-refractivity contribution in [2.24, 2.45) is 11.5 Å². The number of amides is 4. The van der Waals surface area contributed by atoms with Crippen LogP contribution in [0.15, 0.2) is 0 Å². The van der Waals surface area contributed by atoms with Crippen molar-refractivity contribution in [2.45, 2.75) is 24.5 Å². The van der Waals surface area contributed by atoms with Crippen LogP contribution < -0.4 is 27.4 Å². The number of carboxylic acid groups (broad SMARTS) is 1. The number of aliphatic hydroxyl groups is 1. The molecule has 0 aromatic rings. The minimum atomic E-state index is -1.44. The molecule has 0 aliphatic rings. The summed E-state index contributed by atoms with van der Waals surface area (Å²) < 4.78 is 0. The molecule has 9 N–H and O–H groups in total. The normalized spacial score (nSPS) is 13.9. The van der Waals surface area contributed by atoms with Crippen LogP contribution in [-0.2, 0) is 24.0 Å². The lowest BCUT2D eigenvalue weighted by molar-refractivity contribution is -0.141. The highest BCUT2D eigenvalue weighted by Gasteiger charge is 2.27. The molecule has 0 radical (unpaired) electrons. The van der Waals surface area contributed by atoms with E-state index >= 15 is 0 Å². The Morgan fingerprint density at radius 1 is 1.04 bits per heavy atom. The molecule has 3 unspecified atom stereocenters. The Kier molecular flexibility index (Phi) is 10.2. The molecule has 0 fully saturated rings. The van der Waals surface area contributed by atoms with Gasteiger partial charge < -0.3 is 37.6 Å². The number of hydrogen-bond acceptors (Lipinski definition) is 8. The minimum absolute atomic E-state index is 0.215. The number of carbonyl (C=O) groups is 5. The van der Waals surface area contributed by atoms with Gasteiger partial charge >= 0.3 is 5.97 Å². The maximum atomic E-state index is 12.0. The molecule has 0 saturated carbocycles. The van der Waals surface area contributed by atoms with Crippen LogP contribution in [0.1, 0.15) is 6.42 Å². The highest BCUT2D eigenvalue weighted by Crippen LogP contribution is 1.96. The van der Waals surface area contributed by atoms with E-state index in [2.05, 4.69) is 28.6 Å². The quantitative estimate of drug-likeness (QED) is 0.163. The Morgan fingerprint density at radius 3 is 2.08 bits per heavy atom. The fourth-order valence-electron chi connectivity index (χ4n) is 1.50. The first-order chi connectivity index (χ1) is 11.6. The van der Waals surface area contributed by atoms with E-state index in [0.29, 0.717) is 0 Å². The Bertz CT molecular complexity index is 530. The molecule has 0 spiro atoms. The van der Waals surface area contributed by atoms with Gasteiger partial charge in [-0.05, 0) is 0 Å². The van der Waals surface area contributed by atoms with Gasteiger partial charge in [0.2, 0.25) is 23.6 Å². The number of nitrogens with two attached hydrogens (primary N) is 2. The van der Waals surface area contributed by atoms with Gasteiger partial charge in [0.15, 0.2) is 0 Å². The van der Waals surface area contributed by atoms with Gasteiger partial charge in [0.05, 0.1) is 19.6 Å². The van der Waals surface area contributed by atoms with E-state index in [0.717, 1.165) is 0 Å². The molecule has 0 aromatic carbocycles. The molecule has 142 valence electrons. The zero-order valence-corrected chi connectivity index (χ0v) is 14.0. The third-order valence-electron chi connectivity index (χ3n) is 2.81. The van der Waals surface area contributed by atoms with E-state index in [-0.39, 0.29) is 5.75 Å². The first-order valence-electron chi connectivity index (χ1n) is 6.98. The molecule has 25 heavy (non-hydrogen) atoms. The summed E-state index contributed by atoms with van der Waals surface area (Å²) in [6.45, 7) is -1.20. The molecule has 0 saturated heterocycles. The summed E-state index contributed by atoms with van der Waals surface area (Å²) in [7, 11) is 0. The van der Waals surface area contributed by atoms with Gasteiger partial charge in [-0.1, -0.05) is 0 Å². The molecule has 0 aliphatic heterocycles. The second kappa shape index (κ2) is 11.2. The van der Waals surface area contributed by atoms with Crippen molar-refractivity contribution in [3.05, 3.63) is 0 Å².